The first-order chi connectivity index (χ1) is 10.4. The molecule has 6 heteroatoms. The van der Waals surface area contributed by atoms with Gasteiger partial charge in [-0.3, -0.25) is 0 Å². The molecule has 112 valence electrons. The average Bonchev–Trinajstić information content (AvgIpc) is 2.81. The second-order valence-electron chi connectivity index (χ2n) is 5.17. The van der Waals surface area contributed by atoms with Gasteiger partial charge in [0.2, 0.25) is 5.89 Å². The van der Waals surface area contributed by atoms with Gasteiger partial charge in [0.05, 0.1) is 5.56 Å². The van der Waals surface area contributed by atoms with Crippen molar-refractivity contribution in [3.8, 4) is 17.2 Å². The Hall–Kier alpha value is -2.60. The lowest BCUT2D eigenvalue weighted by Gasteiger charge is -2.06. The SMILES string of the molecule is Cc1cc(C)c2oc(-c3ccc(NC(N)=S)cc3O)nc2c1. The van der Waals surface area contributed by atoms with E-state index < -0.39 is 0 Å². The molecule has 0 bridgehead atoms. The molecular formula is C16H15N3O2S. The normalized spacial score (nSPS) is 10.8. The maximum absolute atomic E-state index is 10.2. The monoisotopic (exact) mass is 313 g/mol. The van der Waals surface area contributed by atoms with Gasteiger partial charge in [0.25, 0.3) is 0 Å². The predicted octanol–water partition coefficient (Wildman–Crippen LogP) is 3.47. The van der Waals surface area contributed by atoms with Gasteiger partial charge in [0, 0.05) is 11.8 Å². The van der Waals surface area contributed by atoms with Crippen molar-refractivity contribution in [1.29, 1.82) is 0 Å². The minimum absolute atomic E-state index is 0.0437. The second kappa shape index (κ2) is 5.31. The highest BCUT2D eigenvalue weighted by atomic mass is 32.1. The number of aromatic hydroxyl groups is 1. The summed E-state index contributed by atoms with van der Waals surface area (Å²) in [6.07, 6.45) is 0. The molecule has 1 heterocycles. The van der Waals surface area contributed by atoms with Crippen molar-refractivity contribution < 1.29 is 9.52 Å². The molecule has 0 amide bonds. The number of fused-ring (bicyclic) bond motifs is 1. The molecule has 5 nitrogen and oxygen atoms in total. The Balaban J connectivity index is 2.07. The van der Waals surface area contributed by atoms with Crippen LogP contribution in [0.25, 0.3) is 22.6 Å². The molecular weight excluding hydrogens is 298 g/mol. The van der Waals surface area contributed by atoms with E-state index in [1.165, 1.54) is 6.07 Å². The largest absolute Gasteiger partial charge is 0.507 e. The van der Waals surface area contributed by atoms with Crippen LogP contribution in [0.15, 0.2) is 34.7 Å². The molecule has 3 aromatic rings. The fourth-order valence-corrected chi connectivity index (χ4v) is 2.54. The Kier molecular flexibility index (Phi) is 3.46. The topological polar surface area (TPSA) is 84.3 Å². The first-order valence-electron chi connectivity index (χ1n) is 6.71. The number of phenols is 1. The molecule has 0 aliphatic rings. The summed E-state index contributed by atoms with van der Waals surface area (Å²) in [5, 5.41) is 13.1. The molecule has 0 aliphatic carbocycles. The summed E-state index contributed by atoms with van der Waals surface area (Å²) in [5.41, 5.74) is 10.2. The molecule has 0 radical (unpaired) electrons. The van der Waals surface area contributed by atoms with E-state index in [-0.39, 0.29) is 10.9 Å². The van der Waals surface area contributed by atoms with Crippen LogP contribution in [0.3, 0.4) is 0 Å². The average molecular weight is 313 g/mol. The summed E-state index contributed by atoms with van der Waals surface area (Å²) < 4.78 is 5.80. The summed E-state index contributed by atoms with van der Waals surface area (Å²) in [4.78, 5) is 4.46. The Morgan fingerprint density at radius 2 is 2.05 bits per heavy atom. The van der Waals surface area contributed by atoms with Gasteiger partial charge < -0.3 is 20.6 Å². The first-order valence-corrected chi connectivity index (χ1v) is 7.12. The number of hydrogen-bond donors (Lipinski definition) is 3. The molecule has 0 spiro atoms. The van der Waals surface area contributed by atoms with E-state index in [2.05, 4.69) is 10.3 Å². The van der Waals surface area contributed by atoms with Crippen LogP contribution in [0.2, 0.25) is 0 Å². The summed E-state index contributed by atoms with van der Waals surface area (Å²) >= 11 is 4.77. The Labute approximate surface area is 132 Å². The maximum Gasteiger partial charge on any atom is 0.231 e. The van der Waals surface area contributed by atoms with E-state index in [9.17, 15) is 5.11 Å². The number of phenolic OH excluding ortho intramolecular Hbond substituents is 1. The summed E-state index contributed by atoms with van der Waals surface area (Å²) in [6, 6.07) is 8.98. The van der Waals surface area contributed by atoms with Crippen molar-refractivity contribution >= 4 is 34.1 Å². The third-order valence-electron chi connectivity index (χ3n) is 3.32. The lowest BCUT2D eigenvalue weighted by atomic mass is 10.1. The summed E-state index contributed by atoms with van der Waals surface area (Å²) in [7, 11) is 0. The van der Waals surface area contributed by atoms with Gasteiger partial charge in [0.15, 0.2) is 10.7 Å². The van der Waals surface area contributed by atoms with Gasteiger partial charge in [-0.2, -0.15) is 0 Å². The number of nitrogens with two attached hydrogens (primary N) is 1. The van der Waals surface area contributed by atoms with E-state index in [4.69, 9.17) is 22.4 Å². The van der Waals surface area contributed by atoms with Crippen LogP contribution >= 0.6 is 12.2 Å². The molecule has 3 rings (SSSR count). The Bertz CT molecular complexity index is 886. The zero-order valence-corrected chi connectivity index (χ0v) is 13.0. The van der Waals surface area contributed by atoms with Crippen LogP contribution in [0.5, 0.6) is 5.75 Å². The van der Waals surface area contributed by atoms with Crippen molar-refractivity contribution in [2.24, 2.45) is 5.73 Å². The number of thiocarbonyl (C=S) groups is 1. The highest BCUT2D eigenvalue weighted by molar-refractivity contribution is 7.80. The fourth-order valence-electron chi connectivity index (χ4n) is 2.42. The van der Waals surface area contributed by atoms with Crippen molar-refractivity contribution in [1.82, 2.24) is 4.98 Å². The maximum atomic E-state index is 10.2. The highest BCUT2D eigenvalue weighted by Crippen LogP contribution is 2.34. The lowest BCUT2D eigenvalue weighted by Crippen LogP contribution is -2.18. The van der Waals surface area contributed by atoms with E-state index in [0.717, 1.165) is 22.2 Å². The number of nitrogens with one attached hydrogen (secondary N) is 1. The summed E-state index contributed by atoms with van der Waals surface area (Å²) in [6.45, 7) is 3.98. The molecule has 0 fully saturated rings. The van der Waals surface area contributed by atoms with Crippen molar-refractivity contribution in [3.63, 3.8) is 0 Å². The summed E-state index contributed by atoms with van der Waals surface area (Å²) in [5.74, 6) is 0.422. The molecule has 0 atom stereocenters. The smallest absolute Gasteiger partial charge is 0.231 e. The number of rotatable bonds is 2. The Morgan fingerprint density at radius 3 is 2.73 bits per heavy atom. The number of hydrogen-bond acceptors (Lipinski definition) is 4. The minimum atomic E-state index is 0.0437. The molecule has 1 aromatic heterocycles. The first kappa shape index (κ1) is 14.3. The Morgan fingerprint density at radius 1 is 1.27 bits per heavy atom. The number of anilines is 1. The number of oxazole rings is 1. The van der Waals surface area contributed by atoms with Crippen LogP contribution in [0, 0.1) is 13.8 Å². The number of benzene rings is 2. The van der Waals surface area contributed by atoms with Crippen LogP contribution in [-0.4, -0.2) is 15.2 Å². The van der Waals surface area contributed by atoms with Gasteiger partial charge in [0.1, 0.15) is 11.3 Å². The number of aromatic nitrogens is 1. The van der Waals surface area contributed by atoms with Crippen molar-refractivity contribution in [2.45, 2.75) is 13.8 Å². The van der Waals surface area contributed by atoms with Gasteiger partial charge in [-0.15, -0.1) is 0 Å². The molecule has 4 N–H and O–H groups in total. The predicted molar refractivity (Wildman–Crippen MR) is 91.0 cm³/mol. The molecule has 0 unspecified atom stereocenters. The standard InChI is InChI=1S/C16H15N3O2S/c1-8-5-9(2)14-12(6-8)19-15(21-14)11-4-3-10(7-13(11)20)18-16(17)22/h3-7,20H,1-2H3,(H3,17,18,22). The van der Waals surface area contributed by atoms with E-state index >= 15 is 0 Å². The van der Waals surface area contributed by atoms with Crippen molar-refractivity contribution in [3.05, 3.63) is 41.5 Å². The quantitative estimate of drug-likeness (QED) is 0.628. The van der Waals surface area contributed by atoms with Crippen LogP contribution in [0.1, 0.15) is 11.1 Å². The van der Waals surface area contributed by atoms with E-state index in [1.807, 2.05) is 26.0 Å². The van der Waals surface area contributed by atoms with Crippen LogP contribution in [0.4, 0.5) is 5.69 Å². The number of nitrogens with zero attached hydrogens (tertiary/aromatic N) is 1. The molecule has 0 aliphatic heterocycles. The van der Waals surface area contributed by atoms with Gasteiger partial charge in [-0.25, -0.2) is 4.98 Å². The molecule has 0 saturated heterocycles. The fraction of sp³-hybridized carbons (Fsp3) is 0.125. The number of aryl methyl sites for hydroxylation is 2. The zero-order valence-electron chi connectivity index (χ0n) is 12.2. The van der Waals surface area contributed by atoms with Gasteiger partial charge in [-0.1, -0.05) is 6.07 Å². The minimum Gasteiger partial charge on any atom is -0.507 e. The van der Waals surface area contributed by atoms with Crippen molar-refractivity contribution in [2.75, 3.05) is 5.32 Å². The van der Waals surface area contributed by atoms with Gasteiger partial charge >= 0.3 is 0 Å². The molecule has 2 aromatic carbocycles. The third kappa shape index (κ3) is 2.60. The van der Waals surface area contributed by atoms with Gasteiger partial charge in [-0.05, 0) is 55.4 Å². The highest BCUT2D eigenvalue weighted by Gasteiger charge is 2.14. The molecule has 22 heavy (non-hydrogen) atoms. The lowest BCUT2D eigenvalue weighted by molar-refractivity contribution is 0.474. The molecule has 0 saturated carbocycles. The van der Waals surface area contributed by atoms with Crippen LogP contribution in [-0.2, 0) is 0 Å². The van der Waals surface area contributed by atoms with E-state index in [1.54, 1.807) is 12.1 Å². The zero-order chi connectivity index (χ0) is 15.9. The van der Waals surface area contributed by atoms with E-state index in [0.29, 0.717) is 17.1 Å². The van der Waals surface area contributed by atoms with Crippen LogP contribution < -0.4 is 11.1 Å². The second-order valence-corrected chi connectivity index (χ2v) is 5.61. The third-order valence-corrected chi connectivity index (χ3v) is 3.42.